The van der Waals surface area contributed by atoms with Gasteiger partial charge in [0.25, 0.3) is 0 Å². The molecule has 0 unspecified atom stereocenters. The summed E-state index contributed by atoms with van der Waals surface area (Å²) >= 11 is 3.46. The molecule has 0 amide bonds. The number of aryl methyl sites for hydroxylation is 2. The van der Waals surface area contributed by atoms with E-state index in [0.29, 0.717) is 27.1 Å². The van der Waals surface area contributed by atoms with E-state index < -0.39 is 0 Å². The minimum Gasteiger partial charge on any atom is -0.493 e. The summed E-state index contributed by atoms with van der Waals surface area (Å²) in [7, 11) is 4.58. The first-order chi connectivity index (χ1) is 10.9. The quantitative estimate of drug-likeness (QED) is 0.740. The van der Waals surface area contributed by atoms with Crippen molar-refractivity contribution in [2.75, 3.05) is 21.3 Å². The molecule has 0 atom stereocenters. The Bertz CT molecular complexity index is 759. The molecule has 1 aromatic heterocycles. The number of benzene rings is 1. The van der Waals surface area contributed by atoms with Crippen LogP contribution in [-0.4, -0.2) is 32.1 Å². The average molecular weight is 380 g/mol. The maximum absolute atomic E-state index is 13.0. The lowest BCUT2D eigenvalue weighted by Crippen LogP contribution is -2.10. The van der Waals surface area contributed by atoms with Gasteiger partial charge >= 0.3 is 0 Å². The molecule has 0 saturated carbocycles. The Hall–Kier alpha value is -2.08. The highest BCUT2D eigenvalue weighted by molar-refractivity contribution is 9.10. The van der Waals surface area contributed by atoms with E-state index in [9.17, 15) is 4.79 Å². The summed E-state index contributed by atoms with van der Waals surface area (Å²) in [4.78, 5) is 17.2. The molecule has 0 fully saturated rings. The van der Waals surface area contributed by atoms with Gasteiger partial charge in [-0.1, -0.05) is 0 Å². The molecule has 0 aliphatic rings. The predicted octanol–water partition coefficient (Wildman–Crippen LogP) is 3.72. The zero-order valence-corrected chi connectivity index (χ0v) is 15.3. The zero-order chi connectivity index (χ0) is 17.1. The minimum atomic E-state index is -0.191. The SMILES string of the molecule is COc1cc(C)c(C(=O)c2c(OC)ncc(C)c2Br)cc1OC. The topological polar surface area (TPSA) is 57.7 Å². The van der Waals surface area contributed by atoms with Crippen LogP contribution in [0.1, 0.15) is 27.0 Å². The molecule has 0 radical (unpaired) electrons. The normalized spacial score (nSPS) is 10.3. The van der Waals surface area contributed by atoms with E-state index in [-0.39, 0.29) is 11.7 Å². The lowest BCUT2D eigenvalue weighted by molar-refractivity contribution is 0.103. The van der Waals surface area contributed by atoms with Crippen molar-refractivity contribution in [3.05, 3.63) is 45.1 Å². The molecule has 0 N–H and O–H groups in total. The van der Waals surface area contributed by atoms with Gasteiger partial charge in [0.2, 0.25) is 5.88 Å². The fourth-order valence-electron chi connectivity index (χ4n) is 2.28. The number of nitrogens with zero attached hydrogens (tertiary/aromatic N) is 1. The second-order valence-corrected chi connectivity index (χ2v) is 5.78. The van der Waals surface area contributed by atoms with Gasteiger partial charge in [-0.05, 0) is 53.0 Å². The van der Waals surface area contributed by atoms with Crippen molar-refractivity contribution in [2.45, 2.75) is 13.8 Å². The first kappa shape index (κ1) is 17.3. The molecular weight excluding hydrogens is 362 g/mol. The van der Waals surface area contributed by atoms with Crippen LogP contribution in [0, 0.1) is 13.8 Å². The molecule has 1 aromatic carbocycles. The Morgan fingerprint density at radius 1 is 1.00 bits per heavy atom. The van der Waals surface area contributed by atoms with Crippen molar-refractivity contribution in [3.8, 4) is 17.4 Å². The minimum absolute atomic E-state index is 0.191. The Kier molecular flexibility index (Phi) is 5.26. The standard InChI is InChI=1S/C17H18BrNO4/c1-9-6-12(21-3)13(22-4)7-11(9)16(20)14-15(18)10(2)8-19-17(14)23-5/h6-8H,1-5H3. The second kappa shape index (κ2) is 7.00. The Morgan fingerprint density at radius 3 is 2.17 bits per heavy atom. The van der Waals surface area contributed by atoms with Crippen LogP contribution < -0.4 is 14.2 Å². The average Bonchev–Trinajstić information content (AvgIpc) is 2.56. The first-order valence-electron chi connectivity index (χ1n) is 6.91. The Labute approximate surface area is 143 Å². The predicted molar refractivity (Wildman–Crippen MR) is 90.9 cm³/mol. The second-order valence-electron chi connectivity index (χ2n) is 4.99. The summed E-state index contributed by atoms with van der Waals surface area (Å²) in [6.07, 6.45) is 1.65. The number of carbonyl (C=O) groups excluding carboxylic acids is 1. The van der Waals surface area contributed by atoms with E-state index in [1.54, 1.807) is 25.4 Å². The number of hydrogen-bond acceptors (Lipinski definition) is 5. The fraction of sp³-hybridized carbons (Fsp3) is 0.294. The van der Waals surface area contributed by atoms with Crippen LogP contribution in [0.5, 0.6) is 17.4 Å². The lowest BCUT2D eigenvalue weighted by Gasteiger charge is -2.14. The van der Waals surface area contributed by atoms with Crippen LogP contribution in [0.4, 0.5) is 0 Å². The number of hydrogen-bond donors (Lipinski definition) is 0. The summed E-state index contributed by atoms with van der Waals surface area (Å²) in [6.45, 7) is 3.72. The number of rotatable bonds is 5. The molecule has 23 heavy (non-hydrogen) atoms. The summed E-state index contributed by atoms with van der Waals surface area (Å²) in [5, 5.41) is 0. The van der Waals surface area contributed by atoms with Crippen LogP contribution >= 0.6 is 15.9 Å². The highest BCUT2D eigenvalue weighted by Gasteiger charge is 2.23. The van der Waals surface area contributed by atoms with Gasteiger partial charge in [0.05, 0.1) is 26.9 Å². The third kappa shape index (κ3) is 3.17. The van der Waals surface area contributed by atoms with Gasteiger partial charge in [-0.3, -0.25) is 4.79 Å². The fourth-order valence-corrected chi connectivity index (χ4v) is 2.73. The molecule has 6 heteroatoms. The number of methoxy groups -OCH3 is 3. The lowest BCUT2D eigenvalue weighted by atomic mass is 9.98. The van der Waals surface area contributed by atoms with Crippen molar-refractivity contribution in [1.82, 2.24) is 4.98 Å². The number of aromatic nitrogens is 1. The molecule has 122 valence electrons. The van der Waals surface area contributed by atoms with Crippen LogP contribution in [-0.2, 0) is 0 Å². The van der Waals surface area contributed by atoms with Crippen molar-refractivity contribution >= 4 is 21.7 Å². The molecule has 0 aliphatic carbocycles. The molecular formula is C17H18BrNO4. The maximum atomic E-state index is 13.0. The highest BCUT2D eigenvalue weighted by Crippen LogP contribution is 2.35. The van der Waals surface area contributed by atoms with E-state index in [0.717, 1.165) is 11.1 Å². The molecule has 2 aromatic rings. The molecule has 0 aliphatic heterocycles. The van der Waals surface area contributed by atoms with E-state index >= 15 is 0 Å². The maximum Gasteiger partial charge on any atom is 0.225 e. The molecule has 5 nitrogen and oxygen atoms in total. The number of halogens is 1. The summed E-state index contributed by atoms with van der Waals surface area (Å²) in [6, 6.07) is 3.44. The van der Waals surface area contributed by atoms with Gasteiger partial charge < -0.3 is 14.2 Å². The van der Waals surface area contributed by atoms with Crippen LogP contribution in [0.25, 0.3) is 0 Å². The van der Waals surface area contributed by atoms with Crippen LogP contribution in [0.3, 0.4) is 0 Å². The Balaban J connectivity index is 2.64. The summed E-state index contributed by atoms with van der Waals surface area (Å²) < 4.78 is 16.5. The third-order valence-corrected chi connectivity index (χ3v) is 4.57. The van der Waals surface area contributed by atoms with Crippen molar-refractivity contribution in [1.29, 1.82) is 0 Å². The monoisotopic (exact) mass is 379 g/mol. The van der Waals surface area contributed by atoms with Gasteiger partial charge in [-0.15, -0.1) is 0 Å². The van der Waals surface area contributed by atoms with E-state index in [1.807, 2.05) is 13.8 Å². The zero-order valence-electron chi connectivity index (χ0n) is 13.7. The molecule has 0 bridgehead atoms. The van der Waals surface area contributed by atoms with Gasteiger partial charge in [-0.2, -0.15) is 0 Å². The number of ketones is 1. The molecule has 2 rings (SSSR count). The molecule has 0 spiro atoms. The number of pyridine rings is 1. The Morgan fingerprint density at radius 2 is 1.61 bits per heavy atom. The smallest absolute Gasteiger partial charge is 0.225 e. The third-order valence-electron chi connectivity index (χ3n) is 3.55. The van der Waals surface area contributed by atoms with Gasteiger partial charge in [0.1, 0.15) is 0 Å². The van der Waals surface area contributed by atoms with Crippen molar-refractivity contribution < 1.29 is 19.0 Å². The first-order valence-corrected chi connectivity index (χ1v) is 7.70. The van der Waals surface area contributed by atoms with Gasteiger partial charge in [0.15, 0.2) is 17.3 Å². The summed E-state index contributed by atoms with van der Waals surface area (Å²) in [5.41, 5.74) is 2.53. The van der Waals surface area contributed by atoms with Gasteiger partial charge in [0, 0.05) is 16.2 Å². The van der Waals surface area contributed by atoms with Crippen LogP contribution in [0.2, 0.25) is 0 Å². The van der Waals surface area contributed by atoms with Gasteiger partial charge in [-0.25, -0.2) is 4.98 Å². The summed E-state index contributed by atoms with van der Waals surface area (Å²) in [5.74, 6) is 1.16. The molecule has 0 saturated heterocycles. The molecule has 1 heterocycles. The number of ether oxygens (including phenoxy) is 3. The number of carbonyl (C=O) groups is 1. The highest BCUT2D eigenvalue weighted by atomic mass is 79.9. The van der Waals surface area contributed by atoms with Crippen LogP contribution in [0.15, 0.2) is 22.8 Å². The van der Waals surface area contributed by atoms with Crippen molar-refractivity contribution in [3.63, 3.8) is 0 Å². The van der Waals surface area contributed by atoms with E-state index in [4.69, 9.17) is 14.2 Å². The van der Waals surface area contributed by atoms with E-state index in [1.165, 1.54) is 14.2 Å². The van der Waals surface area contributed by atoms with Crippen molar-refractivity contribution in [2.24, 2.45) is 0 Å². The van der Waals surface area contributed by atoms with E-state index in [2.05, 4.69) is 20.9 Å². The largest absolute Gasteiger partial charge is 0.493 e.